The van der Waals surface area contributed by atoms with Gasteiger partial charge in [0.25, 0.3) is 0 Å². The molecule has 3 heteroatoms. The van der Waals surface area contributed by atoms with Crippen molar-refractivity contribution < 1.29 is 40.3 Å². The number of ether oxygens (including phenoxy) is 1. The Morgan fingerprint density at radius 1 is 1.00 bits per heavy atom. The average molecular weight is 425 g/mol. The minimum atomic E-state index is -0.331. The molecule has 0 aliphatic rings. The molecule has 0 saturated carbocycles. The van der Waals surface area contributed by atoms with Crippen LogP contribution in [0.25, 0.3) is 0 Å². The van der Waals surface area contributed by atoms with E-state index in [0.29, 0.717) is 12.2 Å². The zero-order valence-electron chi connectivity index (χ0n) is 18.1. The number of terminal acetylenes is 1. The Hall–Kier alpha value is -3.27. The molecule has 3 nitrogen and oxygen atoms in total. The van der Waals surface area contributed by atoms with E-state index in [0.717, 1.165) is 16.7 Å². The van der Waals surface area contributed by atoms with Crippen molar-refractivity contribution in [2.45, 2.75) is 65.2 Å². The van der Waals surface area contributed by atoms with Crippen LogP contribution in [0.4, 0.5) is 0 Å². The fraction of sp³-hybridized carbons (Fsp3) is 0.423. The molecule has 0 aliphatic carbocycles. The van der Waals surface area contributed by atoms with Gasteiger partial charge in [0.15, 0.2) is 6.61 Å². The molecule has 0 fully saturated rings. The summed E-state index contributed by atoms with van der Waals surface area (Å²) < 4.78 is 5.11. The van der Waals surface area contributed by atoms with Crippen LogP contribution < -0.4 is 0 Å². The molecule has 0 radical (unpaired) electrons. The lowest BCUT2D eigenvalue weighted by atomic mass is 9.78. The second-order valence-electron chi connectivity index (χ2n) is 8.65. The molecule has 0 atom stereocenters. The third kappa shape index (κ3) is 8.09. The van der Waals surface area contributed by atoms with Gasteiger partial charge in [-0.15, -0.1) is 6.42 Å². The molecule has 0 aliphatic heterocycles. The van der Waals surface area contributed by atoms with Crippen molar-refractivity contribution in [1.29, 1.82) is 0 Å². The zero-order valence-corrected chi connectivity index (χ0v) is 18.1. The van der Waals surface area contributed by atoms with Crippen LogP contribution in [0.2, 0.25) is 0 Å². The van der Waals surface area contributed by atoms with Crippen LogP contribution in [0.3, 0.4) is 0 Å². The van der Waals surface area contributed by atoms with Gasteiger partial charge in [-0.05, 0) is 75.4 Å². The monoisotopic (exact) mass is 424 g/mol. The molecular weight excluding hydrogens is 360 g/mol. The Balaban J connectivity index is -0.0000000292. The lowest BCUT2D eigenvalue weighted by Crippen LogP contribution is -2.18. The van der Waals surface area contributed by atoms with Crippen LogP contribution in [-0.2, 0) is 26.8 Å². The van der Waals surface area contributed by atoms with Crippen molar-refractivity contribution in [2.24, 2.45) is 0 Å². The lowest BCUT2D eigenvalue weighted by molar-refractivity contribution is -0.142. The van der Waals surface area contributed by atoms with Crippen LogP contribution in [0, 0.1) is 47.9 Å². The molecular formula is C26H64O3. The van der Waals surface area contributed by atoms with Crippen molar-refractivity contribution in [2.75, 3.05) is 6.61 Å². The number of aromatic hydroxyl groups is 1. The summed E-state index contributed by atoms with van der Waals surface area (Å²) in [6.45, 7) is 12.3. The van der Waals surface area contributed by atoms with Crippen molar-refractivity contribution >= 4 is 5.97 Å². The van der Waals surface area contributed by atoms with Gasteiger partial charge in [-0.3, -0.25) is 4.79 Å². The smallest absolute Gasteiger partial charge is 0.307 e. The predicted molar refractivity (Wildman–Crippen MR) is 155 cm³/mol. The molecule has 1 rings (SSSR count). The Bertz CT molecular complexity index is 983. The molecule has 186 valence electrons. The number of phenolic OH excluding ortho intramolecular Hbond substituents is 1. The third-order valence-electron chi connectivity index (χ3n) is 4.12. The number of hydrogen-bond donors (Lipinski definition) is 1. The van der Waals surface area contributed by atoms with E-state index in [-0.39, 0.29) is 55.5 Å². The molecule has 1 N–H and O–H groups in total. The Morgan fingerprint density at radius 2 is 1.52 bits per heavy atom. The van der Waals surface area contributed by atoms with Crippen molar-refractivity contribution in [3.8, 4) is 53.6 Å². The molecule has 1 aromatic rings. The number of aryl methyl sites for hydroxylation is 1. The maximum absolute atomic E-state index is 12.0. The number of carbonyl (C=O) groups is 1. The highest BCUT2D eigenvalue weighted by molar-refractivity contribution is 5.70. The summed E-state index contributed by atoms with van der Waals surface area (Å²) in [7, 11) is 0. The van der Waals surface area contributed by atoms with E-state index in [1.165, 1.54) is 0 Å². The topological polar surface area (TPSA) is 46.5 Å². The van der Waals surface area contributed by atoms with Crippen LogP contribution in [0.5, 0.6) is 5.75 Å². The van der Waals surface area contributed by atoms with Gasteiger partial charge in [0.05, 0.1) is 0 Å². The molecule has 0 spiro atoms. The van der Waals surface area contributed by atoms with E-state index in [1.54, 1.807) is 0 Å². The molecule has 0 unspecified atom stereocenters. The molecule has 0 aromatic heterocycles. The number of esters is 1. The minimum absolute atomic E-state index is 0. The van der Waals surface area contributed by atoms with Gasteiger partial charge in [0.2, 0.25) is 0 Å². The second-order valence-corrected chi connectivity index (χ2v) is 8.65. The Labute approximate surface area is 202 Å². The van der Waals surface area contributed by atoms with Crippen LogP contribution >= 0.6 is 0 Å². The standard InChI is InChI=1S/C26H28O3.18H2/c1-8-9-10-11-12-13-14-17-29-23(27)16-15-20-18-21(25(2,3)4)24(28)22(19-20)26(5,6)7;;;;;;;;;;;;;;;;;;/h1,18-19,28H,15-17H2,2-7H3;18*1H. The number of benzene rings is 1. The molecule has 1 aromatic carbocycles. The first-order chi connectivity index (χ1) is 13.5. The van der Waals surface area contributed by atoms with Crippen molar-refractivity contribution in [3.63, 3.8) is 0 Å². The van der Waals surface area contributed by atoms with E-state index in [9.17, 15) is 9.90 Å². The van der Waals surface area contributed by atoms with E-state index in [2.05, 4.69) is 83.0 Å². The largest absolute Gasteiger partial charge is 0.507 e. The van der Waals surface area contributed by atoms with Crippen LogP contribution in [0.15, 0.2) is 12.1 Å². The first-order valence-electron chi connectivity index (χ1n) is 9.42. The summed E-state index contributed by atoms with van der Waals surface area (Å²) in [4.78, 5) is 12.0. The van der Waals surface area contributed by atoms with E-state index in [1.807, 2.05) is 12.1 Å². The summed E-state index contributed by atoms with van der Waals surface area (Å²) in [6.07, 6.45) is 5.73. The van der Waals surface area contributed by atoms with Gasteiger partial charge in [-0.25, -0.2) is 0 Å². The Morgan fingerprint density at radius 3 is 2.03 bits per heavy atom. The maximum atomic E-state index is 12.0. The number of carbonyl (C=O) groups excluding carboxylic acids is 1. The SMILES string of the molecule is C#CC#CC#CC#CCOC(=O)CCc1cc(C(C)(C)C)c(O)c(C(C)(C)C)c1.[HH].[HH].[HH].[HH].[HH].[HH].[HH].[HH].[HH].[HH].[HH].[HH].[HH].[HH].[HH].[HH].[HH].[HH]. The first-order valence-corrected chi connectivity index (χ1v) is 9.42. The number of rotatable bonds is 4. The van der Waals surface area contributed by atoms with Crippen molar-refractivity contribution in [3.05, 3.63) is 28.8 Å². The first kappa shape index (κ1) is 23.8. The highest BCUT2D eigenvalue weighted by Crippen LogP contribution is 2.39. The van der Waals surface area contributed by atoms with Crippen LogP contribution in [-0.4, -0.2) is 17.7 Å². The van der Waals surface area contributed by atoms with E-state index in [4.69, 9.17) is 11.2 Å². The Kier molecular flexibility index (Phi) is 8.46. The molecule has 0 amide bonds. The minimum Gasteiger partial charge on any atom is -0.507 e. The predicted octanol–water partition coefficient (Wildman–Crippen LogP) is 8.53. The molecule has 0 heterocycles. The second kappa shape index (κ2) is 10.3. The molecule has 29 heavy (non-hydrogen) atoms. The summed E-state index contributed by atoms with van der Waals surface area (Å²) in [5, 5.41) is 10.8. The normalized spacial score (nSPS) is 10.2. The lowest BCUT2D eigenvalue weighted by Gasteiger charge is -2.28. The van der Waals surface area contributed by atoms with Gasteiger partial charge >= 0.3 is 5.97 Å². The molecule has 0 bridgehead atoms. The number of phenols is 1. The zero-order chi connectivity index (χ0) is 22.1. The van der Waals surface area contributed by atoms with Crippen molar-refractivity contribution in [1.82, 2.24) is 0 Å². The van der Waals surface area contributed by atoms with Gasteiger partial charge in [-0.1, -0.05) is 53.7 Å². The summed E-state index contributed by atoms with van der Waals surface area (Å²) in [6, 6.07) is 3.95. The van der Waals surface area contributed by atoms with Gasteiger partial charge < -0.3 is 9.84 Å². The highest BCUT2D eigenvalue weighted by atomic mass is 16.5. The van der Waals surface area contributed by atoms with Gasteiger partial charge in [-0.2, -0.15) is 0 Å². The maximum Gasteiger partial charge on any atom is 0.307 e. The summed E-state index contributed by atoms with van der Waals surface area (Å²) in [5.41, 5.74) is 2.35. The third-order valence-corrected chi connectivity index (χ3v) is 4.12. The van der Waals surface area contributed by atoms with Gasteiger partial charge in [0.1, 0.15) is 5.75 Å². The van der Waals surface area contributed by atoms with Gasteiger partial charge in [0, 0.05) is 32.1 Å². The van der Waals surface area contributed by atoms with Crippen LogP contribution in [0.1, 0.15) is 90.3 Å². The fourth-order valence-electron chi connectivity index (χ4n) is 2.63. The molecule has 0 saturated heterocycles. The fourth-order valence-corrected chi connectivity index (χ4v) is 2.63. The summed E-state index contributed by atoms with van der Waals surface area (Å²) >= 11 is 0. The number of hydrogen-bond acceptors (Lipinski definition) is 3. The van der Waals surface area contributed by atoms with E-state index < -0.39 is 0 Å². The highest BCUT2D eigenvalue weighted by Gasteiger charge is 2.26. The van der Waals surface area contributed by atoms with E-state index >= 15 is 0 Å². The summed E-state index contributed by atoms with van der Waals surface area (Å²) in [5.74, 6) is 17.1. The average Bonchev–Trinajstić information content (AvgIpc) is 2.61. The quantitative estimate of drug-likeness (QED) is 0.389.